The van der Waals surface area contributed by atoms with E-state index in [1.165, 1.54) is 6.33 Å². The summed E-state index contributed by atoms with van der Waals surface area (Å²) in [6, 6.07) is 1.97. The van der Waals surface area contributed by atoms with Gasteiger partial charge in [-0.1, -0.05) is 0 Å². The molecule has 20 heavy (non-hydrogen) atoms. The van der Waals surface area contributed by atoms with Gasteiger partial charge in [0.15, 0.2) is 5.65 Å². The molecule has 0 fully saturated rings. The van der Waals surface area contributed by atoms with Gasteiger partial charge in [0.25, 0.3) is 0 Å². The van der Waals surface area contributed by atoms with Crippen LogP contribution in [0.5, 0.6) is 0 Å². The lowest BCUT2D eigenvalue weighted by atomic mass is 10.2. The highest BCUT2D eigenvalue weighted by atomic mass is 15.1. The van der Waals surface area contributed by atoms with Crippen LogP contribution in [0.1, 0.15) is 5.56 Å². The van der Waals surface area contributed by atoms with Crippen LogP contribution in [0.4, 0.5) is 11.5 Å². The molecule has 0 unspecified atom stereocenters. The summed E-state index contributed by atoms with van der Waals surface area (Å²) in [4.78, 5) is 15.9. The van der Waals surface area contributed by atoms with E-state index in [9.17, 15) is 0 Å². The van der Waals surface area contributed by atoms with Crippen LogP contribution in [-0.2, 0) is 0 Å². The van der Waals surface area contributed by atoms with Gasteiger partial charge in [-0.3, -0.25) is 5.10 Å². The molecule has 4 aromatic heterocycles. The van der Waals surface area contributed by atoms with Crippen LogP contribution in [0.2, 0.25) is 0 Å². The minimum atomic E-state index is 0.762. The molecular formula is C13H11N7. The van der Waals surface area contributed by atoms with E-state index in [1.807, 2.05) is 19.2 Å². The van der Waals surface area contributed by atoms with Crippen molar-refractivity contribution in [2.45, 2.75) is 6.92 Å². The fraction of sp³-hybridized carbons (Fsp3) is 0.0769. The van der Waals surface area contributed by atoms with Crippen LogP contribution in [0.15, 0.2) is 31.0 Å². The molecule has 0 saturated carbocycles. The minimum absolute atomic E-state index is 0.762. The number of nitrogens with zero attached hydrogens (tertiary/aromatic N) is 4. The average molecular weight is 265 g/mol. The van der Waals surface area contributed by atoms with Crippen LogP contribution in [0.3, 0.4) is 0 Å². The smallest absolute Gasteiger partial charge is 0.155 e. The molecule has 0 aliphatic heterocycles. The Morgan fingerprint density at radius 2 is 2.05 bits per heavy atom. The number of aromatic amines is 2. The molecule has 3 N–H and O–H groups in total. The quantitative estimate of drug-likeness (QED) is 0.517. The Hall–Kier alpha value is -2.96. The monoisotopic (exact) mass is 265 g/mol. The lowest BCUT2D eigenvalue weighted by Crippen LogP contribution is -1.96. The van der Waals surface area contributed by atoms with E-state index >= 15 is 0 Å². The first-order valence-electron chi connectivity index (χ1n) is 6.16. The van der Waals surface area contributed by atoms with Crippen LogP contribution in [-0.4, -0.2) is 30.1 Å². The van der Waals surface area contributed by atoms with Crippen molar-refractivity contribution in [3.05, 3.63) is 36.5 Å². The van der Waals surface area contributed by atoms with Gasteiger partial charge in [0.05, 0.1) is 23.5 Å². The number of pyridine rings is 1. The van der Waals surface area contributed by atoms with Gasteiger partial charge in [0.2, 0.25) is 0 Å². The normalized spacial score (nSPS) is 11.2. The third-order valence-electron chi connectivity index (χ3n) is 3.22. The number of aryl methyl sites for hydroxylation is 1. The summed E-state index contributed by atoms with van der Waals surface area (Å²) in [5, 5.41) is 12.0. The Bertz CT molecular complexity index is 905. The van der Waals surface area contributed by atoms with Gasteiger partial charge in [0.1, 0.15) is 17.8 Å². The summed E-state index contributed by atoms with van der Waals surface area (Å²) in [7, 11) is 0. The second-order valence-corrected chi connectivity index (χ2v) is 4.57. The Morgan fingerprint density at radius 1 is 1.10 bits per heavy atom. The van der Waals surface area contributed by atoms with Crippen molar-refractivity contribution in [3.63, 3.8) is 0 Å². The van der Waals surface area contributed by atoms with Gasteiger partial charge < -0.3 is 10.3 Å². The maximum absolute atomic E-state index is 4.31. The zero-order chi connectivity index (χ0) is 13.5. The Kier molecular flexibility index (Phi) is 2.19. The van der Waals surface area contributed by atoms with E-state index < -0.39 is 0 Å². The molecular weight excluding hydrogens is 254 g/mol. The van der Waals surface area contributed by atoms with E-state index in [4.69, 9.17) is 0 Å². The van der Waals surface area contributed by atoms with Gasteiger partial charge in [0, 0.05) is 11.6 Å². The summed E-state index contributed by atoms with van der Waals surface area (Å²) in [6.07, 6.45) is 6.94. The number of nitrogens with one attached hydrogen (secondary N) is 3. The topological polar surface area (TPSA) is 95.2 Å². The Labute approximate surface area is 113 Å². The van der Waals surface area contributed by atoms with Crippen molar-refractivity contribution in [1.82, 2.24) is 30.1 Å². The molecule has 4 heterocycles. The third kappa shape index (κ3) is 1.60. The first-order chi connectivity index (χ1) is 9.81. The van der Waals surface area contributed by atoms with Crippen LogP contribution >= 0.6 is 0 Å². The molecule has 0 bridgehead atoms. The fourth-order valence-electron chi connectivity index (χ4n) is 2.25. The Morgan fingerprint density at radius 3 is 3.00 bits per heavy atom. The number of H-pyrrole nitrogens is 2. The number of rotatable bonds is 2. The molecule has 7 nitrogen and oxygen atoms in total. The van der Waals surface area contributed by atoms with Crippen molar-refractivity contribution in [3.8, 4) is 0 Å². The second-order valence-electron chi connectivity index (χ2n) is 4.57. The number of aromatic nitrogens is 6. The maximum Gasteiger partial charge on any atom is 0.155 e. The second kappa shape index (κ2) is 4.02. The van der Waals surface area contributed by atoms with Gasteiger partial charge in [-0.15, -0.1) is 0 Å². The minimum Gasteiger partial charge on any atom is -0.346 e. The van der Waals surface area contributed by atoms with Crippen molar-refractivity contribution >= 4 is 33.6 Å². The molecule has 98 valence electrons. The Balaban J connectivity index is 1.81. The van der Waals surface area contributed by atoms with Crippen molar-refractivity contribution < 1.29 is 0 Å². The van der Waals surface area contributed by atoms with E-state index in [1.54, 1.807) is 12.4 Å². The summed E-state index contributed by atoms with van der Waals surface area (Å²) in [5.41, 5.74) is 3.54. The zero-order valence-electron chi connectivity index (χ0n) is 10.7. The predicted octanol–water partition coefficient (Wildman–Crippen LogP) is 2.28. The number of fused-ring (bicyclic) bond motifs is 2. The van der Waals surface area contributed by atoms with Gasteiger partial charge >= 0.3 is 0 Å². The summed E-state index contributed by atoms with van der Waals surface area (Å²) < 4.78 is 0. The molecule has 0 aromatic carbocycles. The van der Waals surface area contributed by atoms with Gasteiger partial charge in [-0.25, -0.2) is 15.0 Å². The van der Waals surface area contributed by atoms with Crippen molar-refractivity contribution in [2.75, 3.05) is 5.32 Å². The lowest BCUT2D eigenvalue weighted by molar-refractivity contribution is 1.10. The van der Waals surface area contributed by atoms with Gasteiger partial charge in [-0.2, -0.15) is 5.10 Å². The molecule has 0 aliphatic carbocycles. The van der Waals surface area contributed by atoms with E-state index in [0.717, 1.165) is 39.1 Å². The maximum atomic E-state index is 4.31. The number of hydrogen-bond donors (Lipinski definition) is 3. The standard InChI is InChI=1S/C13H11N7/c1-7-3-14-12-10(7)13(17-6-16-12)19-9-2-8-4-18-20-11(8)15-5-9/h2-6H,1H3,(H,15,18,20)(H2,14,16,17,19). The zero-order valence-corrected chi connectivity index (χ0v) is 10.7. The highest BCUT2D eigenvalue weighted by Crippen LogP contribution is 2.26. The summed E-state index contributed by atoms with van der Waals surface area (Å²) >= 11 is 0. The third-order valence-corrected chi connectivity index (χ3v) is 3.22. The SMILES string of the molecule is Cc1c[nH]c2ncnc(Nc3cnc4[nH]ncc4c3)c12. The molecule has 0 radical (unpaired) electrons. The molecule has 0 amide bonds. The van der Waals surface area contributed by atoms with Crippen molar-refractivity contribution in [1.29, 1.82) is 0 Å². The highest BCUT2D eigenvalue weighted by Gasteiger charge is 2.09. The van der Waals surface area contributed by atoms with Crippen molar-refractivity contribution in [2.24, 2.45) is 0 Å². The largest absolute Gasteiger partial charge is 0.346 e. The van der Waals surface area contributed by atoms with Gasteiger partial charge in [-0.05, 0) is 18.6 Å². The summed E-state index contributed by atoms with van der Waals surface area (Å²) in [5.74, 6) is 0.762. The molecule has 7 heteroatoms. The first kappa shape index (κ1) is 10.9. The number of hydrogen-bond acceptors (Lipinski definition) is 5. The molecule has 4 rings (SSSR count). The molecule has 0 aliphatic rings. The summed E-state index contributed by atoms with van der Waals surface area (Å²) in [6.45, 7) is 2.02. The average Bonchev–Trinajstić information content (AvgIpc) is 3.06. The fourth-order valence-corrected chi connectivity index (χ4v) is 2.25. The molecule has 4 aromatic rings. The van der Waals surface area contributed by atoms with Crippen LogP contribution in [0.25, 0.3) is 22.1 Å². The van der Waals surface area contributed by atoms with Crippen LogP contribution in [0, 0.1) is 6.92 Å². The molecule has 0 spiro atoms. The van der Waals surface area contributed by atoms with E-state index in [0.29, 0.717) is 0 Å². The van der Waals surface area contributed by atoms with E-state index in [-0.39, 0.29) is 0 Å². The van der Waals surface area contributed by atoms with Crippen LogP contribution < -0.4 is 5.32 Å². The first-order valence-corrected chi connectivity index (χ1v) is 6.16. The van der Waals surface area contributed by atoms with E-state index in [2.05, 4.69) is 35.5 Å². The number of anilines is 2. The molecule has 0 atom stereocenters. The molecule has 0 saturated heterocycles. The highest BCUT2D eigenvalue weighted by molar-refractivity contribution is 5.92. The predicted molar refractivity (Wildman–Crippen MR) is 75.8 cm³/mol. The lowest BCUT2D eigenvalue weighted by Gasteiger charge is -2.06.